The van der Waals surface area contributed by atoms with Crippen LogP contribution in [0.15, 0.2) is 24.3 Å². The summed E-state index contributed by atoms with van der Waals surface area (Å²) in [4.78, 5) is 22.7. The molecule has 1 aromatic carbocycles. The third kappa shape index (κ3) is 7.09. The fourth-order valence-corrected chi connectivity index (χ4v) is 1.74. The smallest absolute Gasteiger partial charge is 0.386 e. The molecule has 9 heteroatoms. The summed E-state index contributed by atoms with van der Waals surface area (Å²) >= 11 is 0. The zero-order chi connectivity index (χ0) is 17.6. The molecule has 0 saturated heterocycles. The van der Waals surface area contributed by atoms with Gasteiger partial charge in [-0.15, -0.1) is 0 Å². The van der Waals surface area contributed by atoms with Crippen molar-refractivity contribution in [3.63, 3.8) is 0 Å². The van der Waals surface area contributed by atoms with Crippen LogP contribution in [-0.2, 0) is 9.59 Å². The average Bonchev–Trinajstić information content (AvgIpc) is 2.44. The molecule has 1 aromatic rings. The highest BCUT2D eigenvalue weighted by atomic mass is 19.4. The van der Waals surface area contributed by atoms with E-state index < -0.39 is 48.9 Å². The molecule has 0 bridgehead atoms. The minimum absolute atomic E-state index is 0.348. The monoisotopic (exact) mass is 336 g/mol. The number of hydrogen-bond donors (Lipinski definition) is 3. The number of halogens is 4. The maximum atomic E-state index is 12.8. The van der Waals surface area contributed by atoms with Crippen molar-refractivity contribution in [2.24, 2.45) is 0 Å². The Morgan fingerprint density at radius 3 is 2.26 bits per heavy atom. The summed E-state index contributed by atoms with van der Waals surface area (Å²) in [5.74, 6) is -2.40. The Bertz CT molecular complexity index is 546. The summed E-state index contributed by atoms with van der Waals surface area (Å²) < 4.78 is 48.5. The molecule has 0 aliphatic carbocycles. The Balaban J connectivity index is 2.46. The summed E-state index contributed by atoms with van der Waals surface area (Å²) in [7, 11) is 0. The molecule has 0 saturated carbocycles. The molecule has 1 rings (SSSR count). The van der Waals surface area contributed by atoms with Gasteiger partial charge in [0.1, 0.15) is 18.8 Å². The first kappa shape index (κ1) is 18.9. The second-order valence-electron chi connectivity index (χ2n) is 4.92. The number of carbonyl (C=O) groups is 2. The van der Waals surface area contributed by atoms with E-state index in [0.29, 0.717) is 5.56 Å². The molecule has 0 aromatic heterocycles. The Hall–Kier alpha value is -2.16. The highest BCUT2D eigenvalue weighted by molar-refractivity contribution is 5.96. The first-order chi connectivity index (χ1) is 10.6. The maximum Gasteiger partial charge on any atom is 0.405 e. The van der Waals surface area contributed by atoms with Crippen LogP contribution in [0.3, 0.4) is 0 Å². The predicted octanol–water partition coefficient (Wildman–Crippen LogP) is 1.43. The minimum Gasteiger partial charge on any atom is -0.386 e. The van der Waals surface area contributed by atoms with Crippen LogP contribution < -0.4 is 10.6 Å². The van der Waals surface area contributed by atoms with Gasteiger partial charge < -0.3 is 15.7 Å². The summed E-state index contributed by atoms with van der Waals surface area (Å²) in [6.45, 7) is -0.0770. The molecule has 0 heterocycles. The van der Waals surface area contributed by atoms with Crippen molar-refractivity contribution in [1.82, 2.24) is 10.6 Å². The van der Waals surface area contributed by atoms with E-state index in [4.69, 9.17) is 0 Å². The number of carbonyl (C=O) groups excluding carboxylic acids is 2. The largest absolute Gasteiger partial charge is 0.405 e. The molecule has 0 aliphatic rings. The number of aliphatic hydroxyl groups excluding tert-OH is 1. The molecular weight excluding hydrogens is 320 g/mol. The van der Waals surface area contributed by atoms with Gasteiger partial charge in [0.25, 0.3) is 0 Å². The lowest BCUT2D eigenvalue weighted by atomic mass is 10.0. The van der Waals surface area contributed by atoms with Crippen molar-refractivity contribution in [2.45, 2.75) is 31.7 Å². The molecule has 2 amide bonds. The van der Waals surface area contributed by atoms with Crippen molar-refractivity contribution in [2.75, 3.05) is 6.54 Å². The molecule has 5 nitrogen and oxygen atoms in total. The van der Waals surface area contributed by atoms with Gasteiger partial charge in [0.05, 0.1) is 12.1 Å². The molecule has 23 heavy (non-hydrogen) atoms. The zero-order valence-electron chi connectivity index (χ0n) is 12.2. The van der Waals surface area contributed by atoms with Crippen LogP contribution in [0.25, 0.3) is 0 Å². The van der Waals surface area contributed by atoms with E-state index in [2.05, 4.69) is 5.32 Å². The minimum atomic E-state index is -4.56. The van der Waals surface area contributed by atoms with Crippen molar-refractivity contribution < 1.29 is 32.3 Å². The highest BCUT2D eigenvalue weighted by Crippen LogP contribution is 2.17. The van der Waals surface area contributed by atoms with Crippen LogP contribution in [0.2, 0.25) is 0 Å². The molecule has 0 fully saturated rings. The number of amides is 2. The number of hydrogen-bond acceptors (Lipinski definition) is 3. The van der Waals surface area contributed by atoms with Gasteiger partial charge in [0.2, 0.25) is 11.8 Å². The highest BCUT2D eigenvalue weighted by Gasteiger charge is 2.28. The van der Waals surface area contributed by atoms with E-state index in [1.807, 2.05) is 0 Å². The second-order valence-corrected chi connectivity index (χ2v) is 4.92. The van der Waals surface area contributed by atoms with Crippen LogP contribution in [0.4, 0.5) is 17.6 Å². The SMILES string of the molecule is CC(NC(=O)CC(=O)NCC(F)(F)F)C(O)c1ccc(F)cc1. The number of rotatable bonds is 6. The topological polar surface area (TPSA) is 78.4 Å². The third-order valence-corrected chi connectivity index (χ3v) is 2.88. The Morgan fingerprint density at radius 1 is 1.17 bits per heavy atom. The van der Waals surface area contributed by atoms with Gasteiger partial charge in [0, 0.05) is 0 Å². The van der Waals surface area contributed by atoms with Gasteiger partial charge in [-0.2, -0.15) is 13.2 Å². The van der Waals surface area contributed by atoms with E-state index in [1.54, 1.807) is 5.32 Å². The molecule has 2 atom stereocenters. The van der Waals surface area contributed by atoms with Crippen LogP contribution in [0.1, 0.15) is 25.0 Å². The quantitative estimate of drug-likeness (QED) is 0.543. The molecular formula is C14H16F4N2O3. The first-order valence-corrected chi connectivity index (χ1v) is 6.65. The molecule has 2 unspecified atom stereocenters. The van der Waals surface area contributed by atoms with Gasteiger partial charge in [-0.3, -0.25) is 9.59 Å². The summed E-state index contributed by atoms with van der Waals surface area (Å²) in [5.41, 5.74) is 0.348. The lowest BCUT2D eigenvalue weighted by Gasteiger charge is -2.20. The van der Waals surface area contributed by atoms with Crippen LogP contribution >= 0.6 is 0 Å². The van der Waals surface area contributed by atoms with Gasteiger partial charge in [-0.05, 0) is 24.6 Å². The Labute approximate surface area is 129 Å². The lowest BCUT2D eigenvalue weighted by molar-refractivity contribution is -0.141. The molecule has 128 valence electrons. The normalized spacial score (nSPS) is 14.0. The van der Waals surface area contributed by atoms with E-state index in [-0.39, 0.29) is 0 Å². The number of benzene rings is 1. The van der Waals surface area contributed by atoms with Crippen LogP contribution in [0, 0.1) is 5.82 Å². The molecule has 0 aliphatic heterocycles. The standard InChI is InChI=1S/C14H16F4N2O3/c1-8(13(23)9-2-4-10(15)5-3-9)20-12(22)6-11(21)19-7-14(16,17)18/h2-5,8,13,23H,6-7H2,1H3,(H,19,21)(H,20,22). The van der Waals surface area contributed by atoms with Crippen LogP contribution in [0.5, 0.6) is 0 Å². The van der Waals surface area contributed by atoms with E-state index in [0.717, 1.165) is 12.1 Å². The predicted molar refractivity (Wildman–Crippen MR) is 72.6 cm³/mol. The van der Waals surface area contributed by atoms with Crippen molar-refractivity contribution in [3.8, 4) is 0 Å². The second kappa shape index (κ2) is 7.91. The Kier molecular flexibility index (Phi) is 6.49. The number of aliphatic hydroxyl groups is 1. The molecule has 3 N–H and O–H groups in total. The van der Waals surface area contributed by atoms with E-state index >= 15 is 0 Å². The van der Waals surface area contributed by atoms with Gasteiger partial charge in [-0.25, -0.2) is 4.39 Å². The van der Waals surface area contributed by atoms with Gasteiger partial charge >= 0.3 is 6.18 Å². The van der Waals surface area contributed by atoms with Crippen molar-refractivity contribution in [3.05, 3.63) is 35.6 Å². The van der Waals surface area contributed by atoms with E-state index in [9.17, 15) is 32.3 Å². The summed E-state index contributed by atoms with van der Waals surface area (Å²) in [6.07, 6.45) is -6.51. The summed E-state index contributed by atoms with van der Waals surface area (Å²) in [5, 5.41) is 13.8. The third-order valence-electron chi connectivity index (χ3n) is 2.88. The zero-order valence-corrected chi connectivity index (χ0v) is 12.2. The average molecular weight is 336 g/mol. The van der Waals surface area contributed by atoms with Gasteiger partial charge in [-0.1, -0.05) is 12.1 Å². The number of alkyl halides is 3. The van der Waals surface area contributed by atoms with Crippen molar-refractivity contribution >= 4 is 11.8 Å². The fraction of sp³-hybridized carbons (Fsp3) is 0.429. The lowest BCUT2D eigenvalue weighted by Crippen LogP contribution is -2.41. The Morgan fingerprint density at radius 2 is 1.74 bits per heavy atom. The fourth-order valence-electron chi connectivity index (χ4n) is 1.74. The first-order valence-electron chi connectivity index (χ1n) is 6.65. The summed E-state index contributed by atoms with van der Waals surface area (Å²) in [6, 6.07) is 4.12. The maximum absolute atomic E-state index is 12.8. The van der Waals surface area contributed by atoms with Crippen LogP contribution in [-0.4, -0.2) is 35.7 Å². The molecule has 0 radical (unpaired) electrons. The van der Waals surface area contributed by atoms with Crippen molar-refractivity contribution in [1.29, 1.82) is 0 Å². The molecule has 0 spiro atoms. The van der Waals surface area contributed by atoms with Gasteiger partial charge in [0.15, 0.2) is 0 Å². The number of nitrogens with one attached hydrogen (secondary N) is 2. The van der Waals surface area contributed by atoms with E-state index in [1.165, 1.54) is 19.1 Å².